The lowest BCUT2D eigenvalue weighted by molar-refractivity contribution is 0.412. The van der Waals surface area contributed by atoms with Crippen molar-refractivity contribution in [3.05, 3.63) is 34.5 Å². The zero-order chi connectivity index (χ0) is 14.1. The fourth-order valence-corrected chi connectivity index (χ4v) is 2.85. The minimum absolute atomic E-state index is 0.681. The quantitative estimate of drug-likeness (QED) is 0.938. The van der Waals surface area contributed by atoms with E-state index in [0.29, 0.717) is 5.02 Å². The van der Waals surface area contributed by atoms with E-state index in [2.05, 4.69) is 12.2 Å². The Morgan fingerprint density at radius 2 is 2.30 bits per heavy atom. The van der Waals surface area contributed by atoms with E-state index in [-0.39, 0.29) is 0 Å². The van der Waals surface area contributed by atoms with Crippen LogP contribution in [0.3, 0.4) is 0 Å². The normalized spacial score (nSPS) is 13.2. The molecule has 0 spiro atoms. The van der Waals surface area contributed by atoms with Crippen LogP contribution in [0.25, 0.3) is 5.69 Å². The highest BCUT2D eigenvalue weighted by Crippen LogP contribution is 2.34. The van der Waals surface area contributed by atoms with E-state index in [1.54, 1.807) is 7.11 Å². The predicted octanol–water partition coefficient (Wildman–Crippen LogP) is 3.45. The maximum absolute atomic E-state index is 6.13. The average molecular weight is 292 g/mol. The van der Waals surface area contributed by atoms with E-state index in [1.165, 1.54) is 11.3 Å². The number of anilines is 1. The summed E-state index contributed by atoms with van der Waals surface area (Å²) in [5, 5.41) is 8.86. The number of aryl methyl sites for hydroxylation is 1. The minimum Gasteiger partial charge on any atom is -0.494 e. The SMILES string of the molecule is CCCc1nn(-c2cc(Cl)ccc2OC)c2c1CCN2. The van der Waals surface area contributed by atoms with Gasteiger partial charge in [0.05, 0.1) is 12.8 Å². The predicted molar refractivity (Wildman–Crippen MR) is 81.3 cm³/mol. The van der Waals surface area contributed by atoms with Crippen molar-refractivity contribution >= 4 is 17.4 Å². The van der Waals surface area contributed by atoms with Gasteiger partial charge in [0.2, 0.25) is 0 Å². The first kappa shape index (κ1) is 13.3. The summed E-state index contributed by atoms with van der Waals surface area (Å²) >= 11 is 6.13. The molecule has 1 aliphatic rings. The molecule has 0 aliphatic carbocycles. The molecule has 1 N–H and O–H groups in total. The largest absolute Gasteiger partial charge is 0.494 e. The van der Waals surface area contributed by atoms with Crippen LogP contribution in [0.15, 0.2) is 18.2 Å². The molecule has 2 aromatic rings. The molecule has 2 heterocycles. The molecular formula is C15H18ClN3O. The molecule has 5 heteroatoms. The van der Waals surface area contributed by atoms with Gasteiger partial charge in [-0.05, 0) is 31.0 Å². The maximum atomic E-state index is 6.13. The molecule has 3 rings (SSSR count). The molecule has 0 amide bonds. The molecule has 0 fully saturated rings. The van der Waals surface area contributed by atoms with Crippen LogP contribution in [-0.2, 0) is 12.8 Å². The Labute approximate surface area is 123 Å². The third-order valence-corrected chi connectivity index (χ3v) is 3.83. The topological polar surface area (TPSA) is 39.1 Å². The second-order valence-corrected chi connectivity index (χ2v) is 5.37. The molecule has 0 bridgehead atoms. The number of halogens is 1. The molecule has 4 nitrogen and oxygen atoms in total. The number of fused-ring (bicyclic) bond motifs is 1. The molecule has 0 atom stereocenters. The van der Waals surface area contributed by atoms with Crippen molar-refractivity contribution in [3.8, 4) is 11.4 Å². The third kappa shape index (κ3) is 2.14. The van der Waals surface area contributed by atoms with Gasteiger partial charge in [0.15, 0.2) is 0 Å². The number of nitrogens with one attached hydrogen (secondary N) is 1. The first-order valence-electron chi connectivity index (χ1n) is 6.93. The zero-order valence-corrected chi connectivity index (χ0v) is 12.5. The van der Waals surface area contributed by atoms with Crippen molar-refractivity contribution in [2.75, 3.05) is 19.0 Å². The van der Waals surface area contributed by atoms with E-state index in [0.717, 1.165) is 43.1 Å². The molecule has 1 aliphatic heterocycles. The molecule has 1 aromatic carbocycles. The van der Waals surface area contributed by atoms with Gasteiger partial charge in [-0.15, -0.1) is 0 Å². The zero-order valence-electron chi connectivity index (χ0n) is 11.7. The summed E-state index contributed by atoms with van der Waals surface area (Å²) in [4.78, 5) is 0. The third-order valence-electron chi connectivity index (χ3n) is 3.59. The lowest BCUT2D eigenvalue weighted by atomic mass is 10.1. The van der Waals surface area contributed by atoms with Gasteiger partial charge in [-0.2, -0.15) is 5.10 Å². The van der Waals surface area contributed by atoms with Crippen molar-refractivity contribution < 1.29 is 4.74 Å². The standard InChI is InChI=1S/C15H18ClN3O/c1-3-4-12-11-7-8-17-15(11)19(18-12)13-9-10(16)5-6-14(13)20-2/h5-6,9,17H,3-4,7-8H2,1-2H3. The molecule has 1 aromatic heterocycles. The van der Waals surface area contributed by atoms with Gasteiger partial charge in [-0.25, -0.2) is 4.68 Å². The van der Waals surface area contributed by atoms with Crippen molar-refractivity contribution in [3.63, 3.8) is 0 Å². The van der Waals surface area contributed by atoms with Gasteiger partial charge >= 0.3 is 0 Å². The van der Waals surface area contributed by atoms with Crippen LogP contribution in [0, 0.1) is 0 Å². The van der Waals surface area contributed by atoms with Gasteiger partial charge in [0.1, 0.15) is 17.3 Å². The smallest absolute Gasteiger partial charge is 0.144 e. The van der Waals surface area contributed by atoms with Gasteiger partial charge in [-0.1, -0.05) is 24.9 Å². The van der Waals surface area contributed by atoms with E-state index in [1.807, 2.05) is 22.9 Å². The number of benzene rings is 1. The number of hydrogen-bond donors (Lipinski definition) is 1. The lowest BCUT2D eigenvalue weighted by Crippen LogP contribution is -2.06. The number of methoxy groups -OCH3 is 1. The van der Waals surface area contributed by atoms with Gasteiger partial charge < -0.3 is 10.1 Å². The monoisotopic (exact) mass is 291 g/mol. The Morgan fingerprint density at radius 1 is 1.45 bits per heavy atom. The van der Waals surface area contributed by atoms with Gasteiger partial charge in [0, 0.05) is 17.1 Å². The summed E-state index contributed by atoms with van der Waals surface area (Å²) in [6.07, 6.45) is 3.13. The van der Waals surface area contributed by atoms with Gasteiger partial charge in [-0.3, -0.25) is 0 Å². The summed E-state index contributed by atoms with van der Waals surface area (Å²) < 4.78 is 7.37. The number of aromatic nitrogens is 2. The highest BCUT2D eigenvalue weighted by molar-refractivity contribution is 6.30. The van der Waals surface area contributed by atoms with Crippen LogP contribution in [0.5, 0.6) is 5.75 Å². The van der Waals surface area contributed by atoms with Crippen LogP contribution >= 0.6 is 11.6 Å². The molecule has 0 saturated carbocycles. The molecule has 106 valence electrons. The van der Waals surface area contributed by atoms with Crippen LogP contribution in [0.1, 0.15) is 24.6 Å². The van der Waals surface area contributed by atoms with Crippen molar-refractivity contribution in [1.82, 2.24) is 9.78 Å². The fourth-order valence-electron chi connectivity index (χ4n) is 2.69. The Hall–Kier alpha value is -1.68. The number of ether oxygens (including phenoxy) is 1. The Balaban J connectivity index is 2.15. The molecule has 0 unspecified atom stereocenters. The van der Waals surface area contributed by atoms with Crippen molar-refractivity contribution in [1.29, 1.82) is 0 Å². The number of rotatable bonds is 4. The minimum atomic E-state index is 0.681. The molecule has 0 saturated heterocycles. The van der Waals surface area contributed by atoms with Crippen LogP contribution in [0.2, 0.25) is 5.02 Å². The number of nitrogens with zero attached hydrogens (tertiary/aromatic N) is 2. The first-order valence-corrected chi connectivity index (χ1v) is 7.31. The summed E-state index contributed by atoms with van der Waals surface area (Å²) in [6, 6.07) is 5.59. The second-order valence-electron chi connectivity index (χ2n) is 4.93. The highest BCUT2D eigenvalue weighted by Gasteiger charge is 2.23. The van der Waals surface area contributed by atoms with Gasteiger partial charge in [0.25, 0.3) is 0 Å². The van der Waals surface area contributed by atoms with Crippen LogP contribution < -0.4 is 10.1 Å². The van der Waals surface area contributed by atoms with E-state index < -0.39 is 0 Å². The summed E-state index contributed by atoms with van der Waals surface area (Å²) in [7, 11) is 1.66. The summed E-state index contributed by atoms with van der Waals surface area (Å²) in [5.41, 5.74) is 3.39. The Kier molecular flexibility index (Phi) is 3.57. The molecule has 20 heavy (non-hydrogen) atoms. The Morgan fingerprint density at radius 3 is 3.05 bits per heavy atom. The van der Waals surface area contributed by atoms with E-state index >= 15 is 0 Å². The number of hydrogen-bond acceptors (Lipinski definition) is 3. The fraction of sp³-hybridized carbons (Fsp3) is 0.400. The molecular weight excluding hydrogens is 274 g/mol. The Bertz CT molecular complexity index is 636. The second kappa shape index (κ2) is 5.37. The average Bonchev–Trinajstić information content (AvgIpc) is 3.03. The first-order chi connectivity index (χ1) is 9.74. The maximum Gasteiger partial charge on any atom is 0.144 e. The lowest BCUT2D eigenvalue weighted by Gasteiger charge is -2.11. The van der Waals surface area contributed by atoms with Crippen LogP contribution in [-0.4, -0.2) is 23.4 Å². The van der Waals surface area contributed by atoms with Crippen LogP contribution in [0.4, 0.5) is 5.82 Å². The summed E-state index contributed by atoms with van der Waals surface area (Å²) in [5.74, 6) is 1.85. The highest BCUT2D eigenvalue weighted by atomic mass is 35.5. The van der Waals surface area contributed by atoms with Crippen molar-refractivity contribution in [2.24, 2.45) is 0 Å². The summed E-state index contributed by atoms with van der Waals surface area (Å²) in [6.45, 7) is 3.14. The van der Waals surface area contributed by atoms with Crippen molar-refractivity contribution in [2.45, 2.75) is 26.2 Å². The van der Waals surface area contributed by atoms with E-state index in [9.17, 15) is 0 Å². The van der Waals surface area contributed by atoms with E-state index in [4.69, 9.17) is 21.4 Å². The molecule has 0 radical (unpaired) electrons.